The Morgan fingerprint density at radius 3 is 2.64 bits per heavy atom. The third-order valence-corrected chi connectivity index (χ3v) is 4.52. The zero-order valence-corrected chi connectivity index (χ0v) is 15.0. The van der Waals surface area contributed by atoms with Gasteiger partial charge in [0, 0.05) is 33.2 Å². The van der Waals surface area contributed by atoms with E-state index in [2.05, 4.69) is 51.3 Å². The van der Waals surface area contributed by atoms with Gasteiger partial charge in [0.15, 0.2) is 0 Å². The Morgan fingerprint density at radius 1 is 1.00 bits per heavy atom. The first-order chi connectivity index (χ1) is 12.2. The number of anilines is 2. The predicted molar refractivity (Wildman–Crippen MR) is 108 cm³/mol. The number of pyridine rings is 1. The second kappa shape index (κ2) is 6.57. The lowest BCUT2D eigenvalue weighted by molar-refractivity contribution is 1.18. The molecule has 3 aromatic rings. The summed E-state index contributed by atoms with van der Waals surface area (Å²) >= 11 is 3.51. The number of rotatable bonds is 3. The second-order valence-corrected chi connectivity index (χ2v) is 6.69. The van der Waals surface area contributed by atoms with Gasteiger partial charge in [-0.1, -0.05) is 58.9 Å². The van der Waals surface area contributed by atoms with Gasteiger partial charge >= 0.3 is 0 Å². The van der Waals surface area contributed by atoms with Crippen molar-refractivity contribution in [3.8, 4) is 11.3 Å². The fourth-order valence-corrected chi connectivity index (χ4v) is 3.27. The minimum Gasteiger partial charge on any atom is -0.362 e. The lowest BCUT2D eigenvalue weighted by Gasteiger charge is -2.20. The first kappa shape index (κ1) is 15.7. The molecule has 4 rings (SSSR count). The Hall–Kier alpha value is -2.85. The van der Waals surface area contributed by atoms with Crippen molar-refractivity contribution in [3.05, 3.63) is 89.0 Å². The maximum absolute atomic E-state index is 4.87. The van der Waals surface area contributed by atoms with Crippen molar-refractivity contribution < 1.29 is 0 Å². The maximum atomic E-state index is 4.87. The fourth-order valence-electron chi connectivity index (χ4n) is 2.87. The summed E-state index contributed by atoms with van der Waals surface area (Å²) in [5, 5.41) is 6.61. The molecule has 1 aromatic heterocycles. The molecular formula is C21H16BrN3. The first-order valence-corrected chi connectivity index (χ1v) is 8.75. The zero-order valence-electron chi connectivity index (χ0n) is 13.5. The van der Waals surface area contributed by atoms with Crippen molar-refractivity contribution in [2.75, 3.05) is 5.32 Å². The molecule has 2 aromatic carbocycles. The molecule has 2 heterocycles. The van der Waals surface area contributed by atoms with E-state index in [1.54, 1.807) is 0 Å². The second-order valence-electron chi connectivity index (χ2n) is 5.78. The van der Waals surface area contributed by atoms with Crippen molar-refractivity contribution in [1.29, 1.82) is 0 Å². The molecule has 0 spiro atoms. The SMILES string of the molecule is C=C1NC=Cc2cc(-c3ccccc3)nc(Nc3cccc(Br)c3)c21. The maximum Gasteiger partial charge on any atom is 0.141 e. The van der Waals surface area contributed by atoms with Gasteiger partial charge in [0.2, 0.25) is 0 Å². The van der Waals surface area contributed by atoms with E-state index in [-0.39, 0.29) is 0 Å². The van der Waals surface area contributed by atoms with Crippen LogP contribution >= 0.6 is 15.9 Å². The Balaban J connectivity index is 1.86. The van der Waals surface area contributed by atoms with Crippen LogP contribution in [0.3, 0.4) is 0 Å². The van der Waals surface area contributed by atoms with E-state index in [1.807, 2.05) is 54.7 Å². The van der Waals surface area contributed by atoms with Crippen LogP contribution in [0.15, 0.2) is 77.9 Å². The van der Waals surface area contributed by atoms with Gasteiger partial charge in [-0.3, -0.25) is 0 Å². The fraction of sp³-hybridized carbons (Fsp3) is 0. The van der Waals surface area contributed by atoms with Crippen LogP contribution in [0.4, 0.5) is 11.5 Å². The van der Waals surface area contributed by atoms with E-state index < -0.39 is 0 Å². The molecule has 2 N–H and O–H groups in total. The Labute approximate surface area is 155 Å². The van der Waals surface area contributed by atoms with Crippen LogP contribution in [-0.4, -0.2) is 4.98 Å². The Kier molecular flexibility index (Phi) is 4.12. The molecule has 0 saturated heterocycles. The van der Waals surface area contributed by atoms with E-state index in [0.717, 1.165) is 44.1 Å². The van der Waals surface area contributed by atoms with E-state index in [0.29, 0.717) is 0 Å². The Bertz CT molecular complexity index is 978. The standard InChI is InChI=1S/C21H16BrN3/c1-14-20-16(10-11-23-14)12-19(15-6-3-2-4-7-15)25-21(20)24-18-9-5-8-17(22)13-18/h2-13,23H,1H2,(H,24,25). The monoisotopic (exact) mass is 389 g/mol. The number of nitrogens with one attached hydrogen (secondary N) is 2. The minimum atomic E-state index is 0.788. The molecule has 0 saturated carbocycles. The Morgan fingerprint density at radius 2 is 1.84 bits per heavy atom. The van der Waals surface area contributed by atoms with Gasteiger partial charge in [0.05, 0.1) is 5.69 Å². The highest BCUT2D eigenvalue weighted by atomic mass is 79.9. The predicted octanol–water partition coefficient (Wildman–Crippen LogP) is 5.80. The van der Waals surface area contributed by atoms with Gasteiger partial charge in [-0.2, -0.15) is 0 Å². The molecule has 0 radical (unpaired) electrons. The van der Waals surface area contributed by atoms with Crippen LogP contribution in [-0.2, 0) is 0 Å². The van der Waals surface area contributed by atoms with E-state index in [9.17, 15) is 0 Å². The van der Waals surface area contributed by atoms with E-state index in [4.69, 9.17) is 4.98 Å². The number of halogens is 1. The highest BCUT2D eigenvalue weighted by Gasteiger charge is 2.17. The summed E-state index contributed by atoms with van der Waals surface area (Å²) in [5.74, 6) is 0.788. The molecule has 0 amide bonds. The number of fused-ring (bicyclic) bond motifs is 1. The quantitative estimate of drug-likeness (QED) is 0.594. The number of aromatic nitrogens is 1. The topological polar surface area (TPSA) is 37.0 Å². The lowest BCUT2D eigenvalue weighted by atomic mass is 10.00. The molecule has 25 heavy (non-hydrogen) atoms. The van der Waals surface area contributed by atoms with Gasteiger partial charge in [0.1, 0.15) is 5.82 Å². The van der Waals surface area contributed by atoms with Crippen LogP contribution in [0.2, 0.25) is 0 Å². The lowest BCUT2D eigenvalue weighted by Crippen LogP contribution is -2.12. The van der Waals surface area contributed by atoms with Crippen LogP contribution in [0, 0.1) is 0 Å². The van der Waals surface area contributed by atoms with Crippen LogP contribution in [0.25, 0.3) is 23.0 Å². The summed E-state index contributed by atoms with van der Waals surface area (Å²) in [6, 6.07) is 20.3. The molecule has 0 atom stereocenters. The number of hydrogen-bond acceptors (Lipinski definition) is 3. The van der Waals surface area contributed by atoms with Crippen molar-refractivity contribution >= 4 is 39.2 Å². The molecule has 0 fully saturated rings. The van der Waals surface area contributed by atoms with Crippen LogP contribution in [0.5, 0.6) is 0 Å². The molecule has 1 aliphatic heterocycles. The number of nitrogens with zero attached hydrogens (tertiary/aromatic N) is 1. The molecule has 4 heteroatoms. The number of benzene rings is 2. The van der Waals surface area contributed by atoms with Gasteiger partial charge in [-0.15, -0.1) is 0 Å². The summed E-state index contributed by atoms with van der Waals surface area (Å²) in [4.78, 5) is 4.87. The summed E-state index contributed by atoms with van der Waals surface area (Å²) in [6.07, 6.45) is 3.95. The van der Waals surface area contributed by atoms with Crippen LogP contribution in [0.1, 0.15) is 11.1 Å². The van der Waals surface area contributed by atoms with Gasteiger partial charge in [0.25, 0.3) is 0 Å². The van der Waals surface area contributed by atoms with Crippen molar-refractivity contribution in [2.45, 2.75) is 0 Å². The van der Waals surface area contributed by atoms with E-state index in [1.165, 1.54) is 0 Å². The van der Waals surface area contributed by atoms with Crippen molar-refractivity contribution in [1.82, 2.24) is 10.3 Å². The smallest absolute Gasteiger partial charge is 0.141 e. The molecule has 1 aliphatic rings. The summed E-state index contributed by atoms with van der Waals surface area (Å²) < 4.78 is 1.02. The highest BCUT2D eigenvalue weighted by Crippen LogP contribution is 2.33. The highest BCUT2D eigenvalue weighted by molar-refractivity contribution is 9.10. The largest absolute Gasteiger partial charge is 0.362 e. The first-order valence-electron chi connectivity index (χ1n) is 7.96. The zero-order chi connectivity index (χ0) is 17.2. The molecule has 0 aliphatic carbocycles. The normalized spacial score (nSPS) is 12.4. The van der Waals surface area contributed by atoms with Crippen molar-refractivity contribution in [2.24, 2.45) is 0 Å². The number of hydrogen-bond donors (Lipinski definition) is 2. The van der Waals surface area contributed by atoms with Crippen molar-refractivity contribution in [3.63, 3.8) is 0 Å². The van der Waals surface area contributed by atoms with Gasteiger partial charge < -0.3 is 10.6 Å². The average molecular weight is 390 g/mol. The van der Waals surface area contributed by atoms with Crippen LogP contribution < -0.4 is 10.6 Å². The minimum absolute atomic E-state index is 0.788. The molecule has 0 bridgehead atoms. The molecule has 122 valence electrons. The van der Waals surface area contributed by atoms with Gasteiger partial charge in [-0.05, 0) is 35.9 Å². The van der Waals surface area contributed by atoms with E-state index >= 15 is 0 Å². The third kappa shape index (κ3) is 3.21. The van der Waals surface area contributed by atoms with Gasteiger partial charge in [-0.25, -0.2) is 4.98 Å². The molecule has 0 unspecified atom stereocenters. The summed E-state index contributed by atoms with van der Waals surface area (Å²) in [5.41, 5.74) is 5.90. The molecule has 3 nitrogen and oxygen atoms in total. The summed E-state index contributed by atoms with van der Waals surface area (Å²) in [7, 11) is 0. The third-order valence-electron chi connectivity index (χ3n) is 4.03. The molecular weight excluding hydrogens is 374 g/mol. The average Bonchev–Trinajstić information content (AvgIpc) is 2.62. The summed E-state index contributed by atoms with van der Waals surface area (Å²) in [6.45, 7) is 4.13.